The highest BCUT2D eigenvalue weighted by molar-refractivity contribution is 6.33. The van der Waals surface area contributed by atoms with Crippen molar-refractivity contribution in [3.63, 3.8) is 0 Å². The second-order valence-electron chi connectivity index (χ2n) is 4.27. The van der Waals surface area contributed by atoms with Gasteiger partial charge < -0.3 is 9.84 Å². The highest BCUT2D eigenvalue weighted by Crippen LogP contribution is 2.28. The Hall–Kier alpha value is -1.46. The van der Waals surface area contributed by atoms with Gasteiger partial charge in [0.1, 0.15) is 5.82 Å². The number of rotatable bonds is 4. The normalized spacial score (nSPS) is 15.0. The Balaban J connectivity index is 1.80. The monoisotopic (exact) mass is 267 g/mol. The first-order chi connectivity index (χ1) is 8.74. The lowest BCUT2D eigenvalue weighted by molar-refractivity contribution is 0.419. The van der Waals surface area contributed by atoms with Gasteiger partial charge in [-0.3, -0.25) is 0 Å². The number of aromatic nitrogens is 2. The minimum Gasteiger partial charge on any atom is -0.334 e. The van der Waals surface area contributed by atoms with Gasteiger partial charge in [0.25, 0.3) is 5.89 Å². The highest BCUT2D eigenvalue weighted by Gasteiger charge is 2.21. The Labute approximate surface area is 108 Å². The molecular formula is C12H11ClFN3O. The van der Waals surface area contributed by atoms with Crippen LogP contribution in [0.15, 0.2) is 22.7 Å². The number of hydrogen-bond acceptors (Lipinski definition) is 4. The van der Waals surface area contributed by atoms with Gasteiger partial charge in [-0.05, 0) is 25.0 Å². The van der Waals surface area contributed by atoms with Gasteiger partial charge in [0.2, 0.25) is 0 Å². The summed E-state index contributed by atoms with van der Waals surface area (Å²) in [5.41, 5.74) is 0.418. The van der Waals surface area contributed by atoms with Crippen molar-refractivity contribution in [3.05, 3.63) is 34.9 Å². The lowest BCUT2D eigenvalue weighted by Gasteiger charge is -1.98. The van der Waals surface area contributed by atoms with Crippen LogP contribution in [-0.2, 0) is 6.54 Å². The second-order valence-corrected chi connectivity index (χ2v) is 4.65. The average Bonchev–Trinajstić information content (AvgIpc) is 3.08. The molecule has 1 N–H and O–H groups in total. The summed E-state index contributed by atoms with van der Waals surface area (Å²) in [5.74, 6) is 0.300. The van der Waals surface area contributed by atoms with Crippen LogP contribution in [0.5, 0.6) is 0 Å². The number of benzene rings is 1. The lowest BCUT2D eigenvalue weighted by atomic mass is 10.2. The molecule has 0 unspecified atom stereocenters. The van der Waals surface area contributed by atoms with Crippen LogP contribution in [0, 0.1) is 5.82 Å². The van der Waals surface area contributed by atoms with Crippen LogP contribution in [-0.4, -0.2) is 16.2 Å². The zero-order valence-corrected chi connectivity index (χ0v) is 10.2. The van der Waals surface area contributed by atoms with Crippen molar-refractivity contribution in [1.29, 1.82) is 0 Å². The van der Waals surface area contributed by atoms with Crippen LogP contribution in [0.4, 0.5) is 4.39 Å². The first-order valence-corrected chi connectivity index (χ1v) is 6.12. The fraction of sp³-hybridized carbons (Fsp3) is 0.333. The standard InChI is InChI=1S/C12H11ClFN3O/c13-11-8(2-1-3-9(11)14)12-16-10(17-18-12)6-15-7-4-5-7/h1-3,7,15H,4-6H2. The van der Waals surface area contributed by atoms with Crippen molar-refractivity contribution < 1.29 is 8.91 Å². The third-order valence-electron chi connectivity index (χ3n) is 2.78. The Kier molecular flexibility index (Phi) is 3.01. The van der Waals surface area contributed by atoms with Crippen LogP contribution < -0.4 is 5.32 Å². The summed E-state index contributed by atoms with van der Waals surface area (Å²) in [5, 5.41) is 7.11. The maximum atomic E-state index is 13.3. The third kappa shape index (κ3) is 2.37. The number of nitrogens with zero attached hydrogens (tertiary/aromatic N) is 2. The minimum atomic E-state index is -0.495. The summed E-state index contributed by atoms with van der Waals surface area (Å²) in [6, 6.07) is 5.07. The van der Waals surface area contributed by atoms with Gasteiger partial charge in [-0.15, -0.1) is 0 Å². The Morgan fingerprint density at radius 3 is 3.06 bits per heavy atom. The van der Waals surface area contributed by atoms with Gasteiger partial charge in [-0.25, -0.2) is 4.39 Å². The van der Waals surface area contributed by atoms with E-state index in [-0.39, 0.29) is 10.9 Å². The fourth-order valence-corrected chi connectivity index (χ4v) is 1.83. The maximum absolute atomic E-state index is 13.3. The molecule has 1 aromatic heterocycles. The molecule has 0 saturated heterocycles. The fourth-order valence-electron chi connectivity index (χ4n) is 1.63. The average molecular weight is 268 g/mol. The number of halogens is 2. The predicted octanol–water partition coefficient (Wildman–Crippen LogP) is 2.78. The molecule has 18 heavy (non-hydrogen) atoms. The van der Waals surface area contributed by atoms with E-state index < -0.39 is 5.82 Å². The summed E-state index contributed by atoms with van der Waals surface area (Å²) in [6.45, 7) is 0.557. The molecule has 1 aromatic carbocycles. The molecule has 0 radical (unpaired) electrons. The largest absolute Gasteiger partial charge is 0.334 e. The predicted molar refractivity (Wildman–Crippen MR) is 64.6 cm³/mol. The summed E-state index contributed by atoms with van der Waals surface area (Å²) < 4.78 is 18.4. The van der Waals surface area contributed by atoms with Crippen molar-refractivity contribution in [1.82, 2.24) is 15.5 Å². The van der Waals surface area contributed by atoms with Crippen molar-refractivity contribution in [3.8, 4) is 11.5 Å². The molecule has 2 aromatic rings. The second kappa shape index (κ2) is 4.66. The van der Waals surface area contributed by atoms with E-state index in [1.165, 1.54) is 18.9 Å². The smallest absolute Gasteiger partial charge is 0.259 e. The molecule has 1 aliphatic rings. The van der Waals surface area contributed by atoms with E-state index in [1.54, 1.807) is 12.1 Å². The van der Waals surface area contributed by atoms with Gasteiger partial charge in [-0.2, -0.15) is 4.98 Å². The molecular weight excluding hydrogens is 257 g/mol. The summed E-state index contributed by atoms with van der Waals surface area (Å²) >= 11 is 5.86. The van der Waals surface area contributed by atoms with Crippen LogP contribution in [0.3, 0.4) is 0 Å². The first-order valence-electron chi connectivity index (χ1n) is 5.74. The Morgan fingerprint density at radius 2 is 2.28 bits per heavy atom. The van der Waals surface area contributed by atoms with E-state index in [9.17, 15) is 4.39 Å². The molecule has 1 heterocycles. The van der Waals surface area contributed by atoms with E-state index in [4.69, 9.17) is 16.1 Å². The number of nitrogens with one attached hydrogen (secondary N) is 1. The van der Waals surface area contributed by atoms with E-state index in [1.807, 2.05) is 0 Å². The molecule has 0 amide bonds. The van der Waals surface area contributed by atoms with Crippen LogP contribution in [0.1, 0.15) is 18.7 Å². The van der Waals surface area contributed by atoms with Gasteiger partial charge in [-0.1, -0.05) is 22.8 Å². The van der Waals surface area contributed by atoms with E-state index >= 15 is 0 Å². The summed E-state index contributed by atoms with van der Waals surface area (Å²) in [4.78, 5) is 4.19. The van der Waals surface area contributed by atoms with Gasteiger partial charge in [0.05, 0.1) is 17.1 Å². The van der Waals surface area contributed by atoms with Crippen molar-refractivity contribution in [2.75, 3.05) is 0 Å². The molecule has 94 valence electrons. The molecule has 4 nitrogen and oxygen atoms in total. The zero-order chi connectivity index (χ0) is 12.5. The topological polar surface area (TPSA) is 51.0 Å². The molecule has 1 fully saturated rings. The van der Waals surface area contributed by atoms with E-state index in [0.717, 1.165) is 0 Å². The molecule has 0 spiro atoms. The van der Waals surface area contributed by atoms with Crippen LogP contribution >= 0.6 is 11.6 Å². The summed E-state index contributed by atoms with van der Waals surface area (Å²) in [6.07, 6.45) is 2.39. The zero-order valence-electron chi connectivity index (χ0n) is 9.49. The number of hydrogen-bond donors (Lipinski definition) is 1. The van der Waals surface area contributed by atoms with Crippen molar-refractivity contribution >= 4 is 11.6 Å². The molecule has 0 bridgehead atoms. The van der Waals surface area contributed by atoms with E-state index in [0.29, 0.717) is 24.0 Å². The van der Waals surface area contributed by atoms with Crippen molar-refractivity contribution in [2.24, 2.45) is 0 Å². The minimum absolute atomic E-state index is 0.00264. The van der Waals surface area contributed by atoms with E-state index in [2.05, 4.69) is 15.5 Å². The molecule has 6 heteroatoms. The van der Waals surface area contributed by atoms with Gasteiger partial charge >= 0.3 is 0 Å². The molecule has 3 rings (SSSR count). The highest BCUT2D eigenvalue weighted by atomic mass is 35.5. The molecule has 1 saturated carbocycles. The lowest BCUT2D eigenvalue weighted by Crippen LogP contribution is -2.16. The maximum Gasteiger partial charge on any atom is 0.259 e. The van der Waals surface area contributed by atoms with Gasteiger partial charge in [0.15, 0.2) is 5.82 Å². The van der Waals surface area contributed by atoms with Crippen LogP contribution in [0.2, 0.25) is 5.02 Å². The van der Waals surface area contributed by atoms with Crippen LogP contribution in [0.25, 0.3) is 11.5 Å². The van der Waals surface area contributed by atoms with Crippen molar-refractivity contribution in [2.45, 2.75) is 25.4 Å². The Bertz CT molecular complexity index is 568. The van der Waals surface area contributed by atoms with Gasteiger partial charge in [0, 0.05) is 6.04 Å². The quantitative estimate of drug-likeness (QED) is 0.925. The SMILES string of the molecule is Fc1cccc(-c2nc(CNC3CC3)no2)c1Cl. The first kappa shape index (κ1) is 11.6. The molecule has 0 aliphatic heterocycles. The Morgan fingerprint density at radius 1 is 1.44 bits per heavy atom. The summed E-state index contributed by atoms with van der Waals surface area (Å²) in [7, 11) is 0. The molecule has 1 aliphatic carbocycles. The third-order valence-corrected chi connectivity index (χ3v) is 3.16. The molecule has 0 atom stereocenters.